The van der Waals surface area contributed by atoms with E-state index in [0.29, 0.717) is 43.9 Å². The number of nitrogens with two attached hydrogens (primary N) is 2. The first-order valence-corrected chi connectivity index (χ1v) is 38.5. The van der Waals surface area contributed by atoms with E-state index in [-0.39, 0.29) is 172 Å². The van der Waals surface area contributed by atoms with Crippen LogP contribution in [-0.4, -0.2) is 324 Å². The van der Waals surface area contributed by atoms with Gasteiger partial charge in [-0.2, -0.15) is 11.8 Å². The number of hydrogen-bond acceptors (Lipinski definition) is 28. The van der Waals surface area contributed by atoms with Gasteiger partial charge in [0.25, 0.3) is 0 Å². The van der Waals surface area contributed by atoms with Crippen molar-refractivity contribution in [1.82, 2.24) is 85.1 Å². The monoisotopic (exact) mass is 1620 g/mol. The summed E-state index contributed by atoms with van der Waals surface area (Å²) in [5.41, 5.74) is 10.8. The van der Waals surface area contributed by atoms with Crippen molar-refractivity contribution in [3.63, 3.8) is 0 Å². The summed E-state index contributed by atoms with van der Waals surface area (Å²) >= 11 is 1.87. The number of carbonyl (C=O) groups is 17. The molecule has 24 N–H and O–H groups in total. The van der Waals surface area contributed by atoms with Gasteiger partial charge in [0.2, 0.25) is 82.7 Å². The first-order chi connectivity index (χ1) is 53.6. The van der Waals surface area contributed by atoms with Crippen LogP contribution >= 0.6 is 11.8 Å². The van der Waals surface area contributed by atoms with Gasteiger partial charge in [-0.1, -0.05) is 12.8 Å². The van der Waals surface area contributed by atoms with Gasteiger partial charge < -0.3 is 125 Å². The van der Waals surface area contributed by atoms with Crippen LogP contribution in [0.3, 0.4) is 0 Å². The Labute approximate surface area is 653 Å². The number of urea groups is 1. The molecule has 0 aromatic rings. The molecule has 0 spiro atoms. The van der Waals surface area contributed by atoms with E-state index in [2.05, 4.69) is 85.1 Å². The Bertz CT molecular complexity index is 3000. The lowest BCUT2D eigenvalue weighted by Crippen LogP contribution is -2.54. The fourth-order valence-electron chi connectivity index (χ4n) is 10.8. The molecule has 0 aromatic heterocycles. The maximum absolute atomic E-state index is 13.4. The Balaban J connectivity index is 1.69. The highest BCUT2D eigenvalue weighted by atomic mass is 32.2. The third kappa shape index (κ3) is 46.2. The number of aliphatic hydroxyl groups is 4. The van der Waals surface area contributed by atoms with Gasteiger partial charge in [-0.15, -0.1) is 0 Å². The Kier molecular flexibility index (Phi) is 53.0. The number of ketones is 2. The highest BCUT2D eigenvalue weighted by Gasteiger charge is 2.42. The predicted octanol–water partition coefficient (Wildman–Crippen LogP) is -9.88. The van der Waals surface area contributed by atoms with E-state index in [1.165, 1.54) is 13.8 Å². The second-order valence-electron chi connectivity index (χ2n) is 26.3. The second-order valence-corrected chi connectivity index (χ2v) is 27.6. The van der Waals surface area contributed by atoms with Gasteiger partial charge in [0.05, 0.1) is 116 Å². The molecule has 2 aliphatic heterocycles. The number of Topliss-reactive ketones (excluding diaryl/α,β-unsaturated/α-hetero) is 2. The van der Waals surface area contributed by atoms with Crippen LogP contribution in [0.1, 0.15) is 123 Å². The van der Waals surface area contributed by atoms with Crippen LogP contribution in [0.4, 0.5) is 4.79 Å². The maximum atomic E-state index is 13.4. The van der Waals surface area contributed by atoms with Gasteiger partial charge >= 0.3 is 6.03 Å². The molecule has 0 aliphatic carbocycles. The largest absolute Gasteiger partial charge is 0.394 e. The zero-order chi connectivity index (χ0) is 83.0. The number of rotatable bonds is 67. The highest BCUT2D eigenvalue weighted by Crippen LogP contribution is 2.33. The lowest BCUT2D eigenvalue weighted by Gasteiger charge is -2.20. The van der Waals surface area contributed by atoms with Crippen LogP contribution in [0.15, 0.2) is 0 Å². The number of nitrogens with one attached hydrogen (secondary N) is 16. The standard InChI is InChI=1S/C68H118N18O25S/c1-42(91)31-76-44(61(69)100)13-6-9-20-73-63(102)46(80-59(99)40-111-30-28-109-26-24-72-58(98)39-110-29-27-108-25-23-71-53(93)17-5-3-4-16-52-60-51(41-112-52)85-68(107)86-60)15-8-11-22-75-65(104)48(36-88)84-57(97)34-79-67(106)50(38-90)82-55(95)19-12-18-54(94)81-49(37-89)66(105)78-33-56(96)83-47(35-87)64(103)74-21-10-7-14-45(62(70)101)77-32-43(2)92/h44-52,60,76-77,87-90H,3-41H2,1-2H3,(H2,69,100)(H2,70,101)(H,71,93)(H,72,98)(H,73,102)(H,74,103)(H,75,104)(H,78,105)(H,79,106)(H,80,99)(H,81,94)(H,82,95)(H,83,96)(H,84,97)(H2,85,86,107)/t44-,45-,46-,47-,48-,49-,50-,51-,52-,60-/m0/s1. The molecule has 2 fully saturated rings. The van der Waals surface area contributed by atoms with E-state index in [1.54, 1.807) is 0 Å². The number of aliphatic hydroxyl groups excluding tert-OH is 4. The molecule has 2 aliphatic rings. The van der Waals surface area contributed by atoms with Crippen molar-refractivity contribution in [2.75, 3.05) is 144 Å². The van der Waals surface area contributed by atoms with Crippen molar-refractivity contribution in [2.45, 2.75) is 183 Å². The molecule has 10 atom stereocenters. The summed E-state index contributed by atoms with van der Waals surface area (Å²) in [5, 5.41) is 80.2. The minimum atomic E-state index is -1.59. The van der Waals surface area contributed by atoms with E-state index in [1.807, 2.05) is 11.8 Å². The number of hydrogen-bond donors (Lipinski definition) is 22. The molecule has 0 aromatic carbocycles. The minimum absolute atomic E-state index is 0.0244. The topological polar surface area (TPSA) is 653 Å². The van der Waals surface area contributed by atoms with Crippen molar-refractivity contribution >= 4 is 112 Å². The van der Waals surface area contributed by atoms with Crippen LogP contribution in [-0.2, 0) is 95.7 Å². The Morgan fingerprint density at radius 1 is 0.393 bits per heavy atom. The second kappa shape index (κ2) is 59.8. The number of thioether (sulfide) groups is 1. The van der Waals surface area contributed by atoms with Crippen LogP contribution in [0.25, 0.3) is 0 Å². The summed E-state index contributed by atoms with van der Waals surface area (Å²) in [5.74, 6) is -9.57. The Morgan fingerprint density at radius 3 is 1.21 bits per heavy atom. The number of carbonyl (C=O) groups excluding carboxylic acids is 17. The van der Waals surface area contributed by atoms with Gasteiger partial charge in [0.1, 0.15) is 55.0 Å². The van der Waals surface area contributed by atoms with Crippen molar-refractivity contribution in [3.8, 4) is 0 Å². The molecule has 0 saturated carbocycles. The smallest absolute Gasteiger partial charge is 0.315 e. The summed E-state index contributed by atoms with van der Waals surface area (Å²) in [6.07, 6.45) is 5.88. The summed E-state index contributed by atoms with van der Waals surface area (Å²) in [6.45, 7) is -1.69. The van der Waals surface area contributed by atoms with Crippen molar-refractivity contribution < 1.29 is 121 Å². The summed E-state index contributed by atoms with van der Waals surface area (Å²) in [4.78, 5) is 210. The summed E-state index contributed by atoms with van der Waals surface area (Å²) < 4.78 is 21.7. The fraction of sp³-hybridized carbons (Fsp3) is 0.750. The summed E-state index contributed by atoms with van der Waals surface area (Å²) in [6, 6.07) is -8.43. The maximum Gasteiger partial charge on any atom is 0.315 e. The molecule has 0 unspecified atom stereocenters. The molecular formula is C68H118N18O25S. The molecule has 44 heteroatoms. The van der Waals surface area contributed by atoms with Gasteiger partial charge in [0, 0.05) is 63.0 Å². The normalized spacial score (nSPS) is 15.9. The Hall–Kier alpha value is -8.86. The van der Waals surface area contributed by atoms with Crippen LogP contribution in [0.2, 0.25) is 0 Å². The molecule has 0 bridgehead atoms. The zero-order valence-corrected chi connectivity index (χ0v) is 64.6. The van der Waals surface area contributed by atoms with E-state index < -0.39 is 166 Å². The van der Waals surface area contributed by atoms with E-state index >= 15 is 0 Å². The molecule has 16 amide bonds. The average Bonchev–Trinajstić information content (AvgIpc) is 1.67. The van der Waals surface area contributed by atoms with Crippen LogP contribution < -0.4 is 96.5 Å². The number of fused-ring (bicyclic) bond motifs is 1. The average molecular weight is 1620 g/mol. The highest BCUT2D eigenvalue weighted by molar-refractivity contribution is 8.00. The zero-order valence-electron chi connectivity index (χ0n) is 63.8. The van der Waals surface area contributed by atoms with Crippen molar-refractivity contribution in [2.24, 2.45) is 11.5 Å². The van der Waals surface area contributed by atoms with Crippen molar-refractivity contribution in [3.05, 3.63) is 0 Å². The van der Waals surface area contributed by atoms with Crippen molar-refractivity contribution in [1.29, 1.82) is 0 Å². The molecule has 43 nitrogen and oxygen atoms in total. The Morgan fingerprint density at radius 2 is 0.777 bits per heavy atom. The predicted molar refractivity (Wildman–Crippen MR) is 400 cm³/mol. The molecule has 2 rings (SSSR count). The number of unbranched alkanes of at least 4 members (excludes halogenated alkanes) is 5. The first-order valence-electron chi connectivity index (χ1n) is 37.5. The molecule has 0 radical (unpaired) electrons. The third-order valence-corrected chi connectivity index (χ3v) is 18.4. The molecule has 112 heavy (non-hydrogen) atoms. The minimum Gasteiger partial charge on any atom is -0.394 e. The molecule has 636 valence electrons. The third-order valence-electron chi connectivity index (χ3n) is 16.9. The quantitative estimate of drug-likeness (QED) is 0.0199. The van der Waals surface area contributed by atoms with Gasteiger partial charge in [0.15, 0.2) is 0 Å². The van der Waals surface area contributed by atoms with E-state index in [4.69, 9.17) is 30.4 Å². The SMILES string of the molecule is CC(=O)CN[C@@H](CCCCNC(=O)[C@H](CO)NC(=O)CNC(=O)[C@H](CO)NC(=O)CCCC(=O)N[C@@H](CO)C(=O)NCC(=O)N[C@@H](CO)C(=O)NCCCC[C@H](NC(=O)COCCOCCNC(=O)COCCOCCNC(=O)CCCCC[C@@H]1SC[C@@H]2NC(=O)N[C@@H]21)C(=O)NCCCC[C@H](NCC(C)=O)C(N)=O)C(N)=O. The molecular weight excluding hydrogens is 1500 g/mol. The first kappa shape index (κ1) is 99.2. The summed E-state index contributed by atoms with van der Waals surface area (Å²) in [7, 11) is 0. The van der Waals surface area contributed by atoms with Crippen LogP contribution in [0.5, 0.6) is 0 Å². The number of amides is 16. The van der Waals surface area contributed by atoms with E-state index in [9.17, 15) is 102 Å². The lowest BCUT2D eigenvalue weighted by molar-refractivity contribution is -0.133. The van der Waals surface area contributed by atoms with Gasteiger partial charge in [-0.25, -0.2) is 4.79 Å². The molecule has 2 saturated heterocycles. The van der Waals surface area contributed by atoms with E-state index in [0.717, 1.165) is 31.4 Å². The van der Waals surface area contributed by atoms with Gasteiger partial charge in [-0.05, 0) is 90.9 Å². The number of ether oxygens (including phenoxy) is 4. The number of primary amides is 2. The fourth-order valence-corrected chi connectivity index (χ4v) is 12.4. The molecule has 2 heterocycles. The van der Waals surface area contributed by atoms with Crippen LogP contribution in [0, 0.1) is 0 Å². The van der Waals surface area contributed by atoms with Gasteiger partial charge in [-0.3, -0.25) is 87.3 Å². The lowest BCUT2D eigenvalue weighted by atomic mass is 10.0.